The summed E-state index contributed by atoms with van der Waals surface area (Å²) in [6, 6.07) is 41.5. The summed E-state index contributed by atoms with van der Waals surface area (Å²) in [4.78, 5) is 0. The molecule has 0 atom stereocenters. The van der Waals surface area contributed by atoms with Crippen molar-refractivity contribution >= 4 is 70.8 Å². The van der Waals surface area contributed by atoms with Crippen molar-refractivity contribution in [3.05, 3.63) is 115 Å². The molecule has 0 aliphatic carbocycles. The maximum Gasteiger partial charge on any atom is 0.143 e. The van der Waals surface area contributed by atoms with Gasteiger partial charge in [0.15, 0.2) is 0 Å². The largest absolute Gasteiger partial charge is 0.455 e. The Bertz CT molecular complexity index is 2310. The Labute approximate surface area is 205 Å². The third kappa shape index (κ3) is 2.18. The molecule has 6 aromatic carbocycles. The summed E-state index contributed by atoms with van der Waals surface area (Å²) in [5.41, 5.74) is 8.00. The molecule has 3 heterocycles. The van der Waals surface area contributed by atoms with E-state index in [2.05, 4.69) is 108 Å². The fourth-order valence-corrected chi connectivity index (χ4v) is 6.39. The Morgan fingerprint density at radius 3 is 2.19 bits per heavy atom. The van der Waals surface area contributed by atoms with E-state index in [1.165, 1.54) is 54.4 Å². The monoisotopic (exact) mass is 457 g/mol. The van der Waals surface area contributed by atoms with Crippen molar-refractivity contribution in [3.8, 4) is 11.1 Å². The second-order valence-corrected chi connectivity index (χ2v) is 9.73. The fraction of sp³-hybridized carbons (Fsp3) is 0. The predicted molar refractivity (Wildman–Crippen MR) is 151 cm³/mol. The molecule has 36 heavy (non-hydrogen) atoms. The van der Waals surface area contributed by atoms with E-state index in [-0.39, 0.29) is 0 Å². The highest BCUT2D eigenvalue weighted by Gasteiger charge is 2.20. The van der Waals surface area contributed by atoms with Crippen LogP contribution in [0.1, 0.15) is 0 Å². The minimum absolute atomic E-state index is 0.930. The highest BCUT2D eigenvalue weighted by molar-refractivity contribution is 6.31. The summed E-state index contributed by atoms with van der Waals surface area (Å²) in [5, 5.41) is 10.1. The first-order valence-corrected chi connectivity index (χ1v) is 12.4. The van der Waals surface area contributed by atoms with Gasteiger partial charge in [0.05, 0.1) is 16.6 Å². The third-order valence-electron chi connectivity index (χ3n) is 7.90. The van der Waals surface area contributed by atoms with Gasteiger partial charge in [-0.1, -0.05) is 84.9 Å². The van der Waals surface area contributed by atoms with Crippen LogP contribution < -0.4 is 0 Å². The number of para-hydroxylation sites is 3. The van der Waals surface area contributed by atoms with Gasteiger partial charge >= 0.3 is 0 Å². The quantitative estimate of drug-likeness (QED) is 0.240. The average molecular weight is 458 g/mol. The van der Waals surface area contributed by atoms with Crippen LogP contribution in [0, 0.1) is 0 Å². The summed E-state index contributed by atoms with van der Waals surface area (Å²) in [6.07, 6.45) is 0. The number of hydrogen-bond donors (Lipinski definition) is 0. The summed E-state index contributed by atoms with van der Waals surface area (Å²) >= 11 is 0. The molecule has 3 aromatic heterocycles. The number of rotatable bonds is 1. The minimum atomic E-state index is 0.930. The maximum absolute atomic E-state index is 6.37. The Hall–Kier alpha value is -4.82. The zero-order valence-corrected chi connectivity index (χ0v) is 19.3. The second kappa shape index (κ2) is 6.44. The van der Waals surface area contributed by atoms with Gasteiger partial charge in [-0.05, 0) is 46.7 Å². The maximum atomic E-state index is 6.37. The molecule has 0 unspecified atom stereocenters. The molecule has 0 saturated carbocycles. The first-order valence-electron chi connectivity index (χ1n) is 12.4. The van der Waals surface area contributed by atoms with E-state index in [0.29, 0.717) is 0 Å². The smallest absolute Gasteiger partial charge is 0.143 e. The number of nitrogens with zero attached hydrogens (tertiary/aromatic N) is 1. The standard InChI is InChI=1S/C34H19NO/c1-2-9-22-20(8-1)19-28-27-18-21(23-12-7-13-25-24-10-4-6-15-31(24)36-34(23)25)16-17-30(27)35-29-14-5-3-11-26(29)32(22)33(28)35/h1-19H. The lowest BCUT2D eigenvalue weighted by atomic mass is 9.98. The molecule has 0 N–H and O–H groups in total. The van der Waals surface area contributed by atoms with Crippen molar-refractivity contribution in [3.63, 3.8) is 0 Å². The van der Waals surface area contributed by atoms with Crippen molar-refractivity contribution in [2.24, 2.45) is 0 Å². The lowest BCUT2D eigenvalue weighted by Gasteiger charge is -2.05. The van der Waals surface area contributed by atoms with Gasteiger partial charge < -0.3 is 8.82 Å². The van der Waals surface area contributed by atoms with Crippen LogP contribution in [0.5, 0.6) is 0 Å². The molecule has 0 aliphatic heterocycles. The lowest BCUT2D eigenvalue weighted by molar-refractivity contribution is 0.670. The molecular formula is C34H19NO. The number of furan rings is 1. The van der Waals surface area contributed by atoms with Crippen LogP contribution >= 0.6 is 0 Å². The first kappa shape index (κ1) is 18.5. The molecule has 2 heteroatoms. The van der Waals surface area contributed by atoms with Gasteiger partial charge in [0.25, 0.3) is 0 Å². The van der Waals surface area contributed by atoms with Crippen molar-refractivity contribution in [2.45, 2.75) is 0 Å². The molecule has 0 bridgehead atoms. The van der Waals surface area contributed by atoms with Crippen LogP contribution in [0.2, 0.25) is 0 Å². The second-order valence-electron chi connectivity index (χ2n) is 9.73. The molecule has 0 saturated heterocycles. The molecule has 0 aliphatic rings. The normalized spacial score (nSPS) is 12.4. The summed E-state index contributed by atoms with van der Waals surface area (Å²) < 4.78 is 8.82. The Kier molecular flexibility index (Phi) is 3.31. The Morgan fingerprint density at radius 2 is 1.25 bits per heavy atom. The van der Waals surface area contributed by atoms with Crippen LogP contribution in [0.3, 0.4) is 0 Å². The molecule has 9 aromatic rings. The van der Waals surface area contributed by atoms with Gasteiger partial charge in [0.1, 0.15) is 11.2 Å². The molecule has 166 valence electrons. The van der Waals surface area contributed by atoms with Crippen molar-refractivity contribution in [2.75, 3.05) is 0 Å². The number of aromatic nitrogens is 1. The van der Waals surface area contributed by atoms with Gasteiger partial charge in [-0.2, -0.15) is 0 Å². The Balaban J connectivity index is 1.44. The third-order valence-corrected chi connectivity index (χ3v) is 7.90. The summed E-state index contributed by atoms with van der Waals surface area (Å²) in [7, 11) is 0. The molecule has 9 rings (SSSR count). The van der Waals surface area contributed by atoms with Gasteiger partial charge in [0.2, 0.25) is 0 Å². The predicted octanol–water partition coefficient (Wildman–Crippen LogP) is 9.56. The molecule has 0 radical (unpaired) electrons. The zero-order chi connectivity index (χ0) is 23.4. The van der Waals surface area contributed by atoms with Crippen LogP contribution in [0.15, 0.2) is 120 Å². The highest BCUT2D eigenvalue weighted by Crippen LogP contribution is 2.44. The highest BCUT2D eigenvalue weighted by atomic mass is 16.3. The molecular weight excluding hydrogens is 438 g/mol. The van der Waals surface area contributed by atoms with Crippen LogP contribution in [0.25, 0.3) is 81.9 Å². The van der Waals surface area contributed by atoms with Crippen LogP contribution in [-0.2, 0) is 0 Å². The van der Waals surface area contributed by atoms with E-state index in [1.807, 2.05) is 12.1 Å². The minimum Gasteiger partial charge on any atom is -0.455 e. The first-order chi connectivity index (χ1) is 17.9. The zero-order valence-electron chi connectivity index (χ0n) is 19.3. The van der Waals surface area contributed by atoms with Gasteiger partial charge in [-0.15, -0.1) is 0 Å². The van der Waals surface area contributed by atoms with Gasteiger partial charge in [0, 0.05) is 37.9 Å². The fourth-order valence-electron chi connectivity index (χ4n) is 6.39. The lowest BCUT2D eigenvalue weighted by Crippen LogP contribution is -1.82. The van der Waals surface area contributed by atoms with E-state index in [0.717, 1.165) is 27.5 Å². The SMILES string of the molecule is c1ccc2c(c1)cc1c3cc(-c4cccc5c4oc4ccccc45)ccc3n3c4ccccc4c2c13. The van der Waals surface area contributed by atoms with Crippen LogP contribution in [-0.4, -0.2) is 4.40 Å². The van der Waals surface area contributed by atoms with Crippen molar-refractivity contribution in [1.82, 2.24) is 4.40 Å². The molecule has 2 nitrogen and oxygen atoms in total. The molecule has 0 spiro atoms. The van der Waals surface area contributed by atoms with Gasteiger partial charge in [-0.25, -0.2) is 0 Å². The molecule has 0 amide bonds. The average Bonchev–Trinajstić information content (AvgIpc) is 3.59. The molecule has 0 fully saturated rings. The van der Waals surface area contributed by atoms with E-state index >= 15 is 0 Å². The van der Waals surface area contributed by atoms with Crippen molar-refractivity contribution < 1.29 is 4.42 Å². The van der Waals surface area contributed by atoms with Crippen LogP contribution in [0.4, 0.5) is 0 Å². The summed E-state index contributed by atoms with van der Waals surface area (Å²) in [6.45, 7) is 0. The van der Waals surface area contributed by atoms with Gasteiger partial charge in [-0.3, -0.25) is 0 Å². The van der Waals surface area contributed by atoms with E-state index in [9.17, 15) is 0 Å². The number of benzene rings is 6. The van der Waals surface area contributed by atoms with E-state index in [4.69, 9.17) is 4.42 Å². The van der Waals surface area contributed by atoms with Crippen molar-refractivity contribution in [1.29, 1.82) is 0 Å². The van der Waals surface area contributed by atoms with E-state index in [1.54, 1.807) is 0 Å². The topological polar surface area (TPSA) is 17.6 Å². The number of hydrogen-bond acceptors (Lipinski definition) is 1. The van der Waals surface area contributed by atoms with E-state index < -0.39 is 0 Å². The number of fused-ring (bicyclic) bond motifs is 11. The summed E-state index contributed by atoms with van der Waals surface area (Å²) in [5.74, 6) is 0. The Morgan fingerprint density at radius 1 is 0.500 bits per heavy atom.